The Morgan fingerprint density at radius 1 is 1.23 bits per heavy atom. The number of aryl methyl sites for hydroxylation is 2. The molecule has 0 amide bonds. The summed E-state index contributed by atoms with van der Waals surface area (Å²) in [4.78, 5) is 4.53. The van der Waals surface area contributed by atoms with E-state index in [1.54, 1.807) is 0 Å². The zero-order chi connectivity index (χ0) is 21.1. The lowest BCUT2D eigenvalue weighted by molar-refractivity contribution is 0.0396. The first kappa shape index (κ1) is 20.8. The number of fused-ring (bicyclic) bond motifs is 1. The normalized spacial score (nSPS) is 20.1. The van der Waals surface area contributed by atoms with Crippen molar-refractivity contribution >= 4 is 5.96 Å². The SMILES string of the molecule is CCc1nn(C)c(CC)c1CNC(=NC)NC1CC2(CCCC2)Oc2ccccc21. The van der Waals surface area contributed by atoms with Crippen LogP contribution in [0.25, 0.3) is 0 Å². The van der Waals surface area contributed by atoms with Crippen molar-refractivity contribution in [3.8, 4) is 5.75 Å². The molecule has 4 rings (SSSR count). The highest BCUT2D eigenvalue weighted by atomic mass is 16.5. The number of guanidine groups is 1. The Kier molecular flexibility index (Phi) is 6.02. The molecule has 2 aliphatic rings. The fourth-order valence-electron chi connectivity index (χ4n) is 5.20. The molecule has 0 bridgehead atoms. The van der Waals surface area contributed by atoms with Gasteiger partial charge in [-0.25, -0.2) is 0 Å². The summed E-state index contributed by atoms with van der Waals surface area (Å²) in [6.45, 7) is 5.08. The van der Waals surface area contributed by atoms with Crippen LogP contribution in [0.15, 0.2) is 29.3 Å². The lowest BCUT2D eigenvalue weighted by atomic mass is 9.86. The van der Waals surface area contributed by atoms with Crippen molar-refractivity contribution in [1.82, 2.24) is 20.4 Å². The van der Waals surface area contributed by atoms with E-state index in [1.807, 2.05) is 18.8 Å². The van der Waals surface area contributed by atoms with Gasteiger partial charge in [0.1, 0.15) is 11.4 Å². The van der Waals surface area contributed by atoms with Gasteiger partial charge in [0.05, 0.1) is 11.7 Å². The molecule has 1 aromatic carbocycles. The molecule has 2 aromatic rings. The molecule has 1 fully saturated rings. The summed E-state index contributed by atoms with van der Waals surface area (Å²) in [6.07, 6.45) is 7.68. The molecule has 6 heteroatoms. The Bertz CT molecular complexity index is 910. The minimum absolute atomic E-state index is 0.0288. The fraction of sp³-hybridized carbons (Fsp3) is 0.583. The number of nitrogens with zero attached hydrogens (tertiary/aromatic N) is 3. The summed E-state index contributed by atoms with van der Waals surface area (Å²) in [5.41, 5.74) is 4.95. The number of ether oxygens (including phenoxy) is 1. The Hall–Kier alpha value is -2.50. The zero-order valence-electron chi connectivity index (χ0n) is 18.8. The molecule has 1 atom stereocenters. The molecule has 1 aromatic heterocycles. The first-order valence-electron chi connectivity index (χ1n) is 11.4. The largest absolute Gasteiger partial charge is 0.487 e. The summed E-state index contributed by atoms with van der Waals surface area (Å²) >= 11 is 0. The second-order valence-corrected chi connectivity index (χ2v) is 8.56. The van der Waals surface area contributed by atoms with Crippen molar-refractivity contribution in [1.29, 1.82) is 0 Å². The van der Waals surface area contributed by atoms with Gasteiger partial charge in [0, 0.05) is 43.9 Å². The van der Waals surface area contributed by atoms with Crippen molar-refractivity contribution in [2.45, 2.75) is 77.0 Å². The van der Waals surface area contributed by atoms with Gasteiger partial charge in [0.25, 0.3) is 0 Å². The quantitative estimate of drug-likeness (QED) is 0.578. The molecule has 2 N–H and O–H groups in total. The van der Waals surface area contributed by atoms with E-state index in [1.165, 1.54) is 35.4 Å². The lowest BCUT2D eigenvalue weighted by Gasteiger charge is -2.40. The monoisotopic (exact) mass is 409 g/mol. The van der Waals surface area contributed by atoms with Crippen LogP contribution in [0.3, 0.4) is 0 Å². The summed E-state index contributed by atoms with van der Waals surface area (Å²) in [5, 5.41) is 11.9. The third-order valence-corrected chi connectivity index (χ3v) is 6.71. The standard InChI is InChI=1S/C24H35N5O/c1-5-19-18(21(6-2)29(4)28-19)16-26-23(25-3)27-20-15-24(13-9-10-14-24)30-22-12-8-7-11-17(20)22/h7-8,11-12,20H,5-6,9-10,13-16H2,1-4H3,(H2,25,26,27). The lowest BCUT2D eigenvalue weighted by Crippen LogP contribution is -2.46. The van der Waals surface area contributed by atoms with Gasteiger partial charge < -0.3 is 15.4 Å². The third-order valence-electron chi connectivity index (χ3n) is 6.71. The number of nitrogens with one attached hydrogen (secondary N) is 2. The van der Waals surface area contributed by atoms with Crippen LogP contribution in [0.2, 0.25) is 0 Å². The number of aliphatic imine (C=N–C) groups is 1. The number of aromatic nitrogens is 2. The van der Waals surface area contributed by atoms with E-state index in [-0.39, 0.29) is 11.6 Å². The van der Waals surface area contributed by atoms with Crippen LogP contribution >= 0.6 is 0 Å². The van der Waals surface area contributed by atoms with E-state index in [4.69, 9.17) is 9.84 Å². The Labute approximate surface area is 180 Å². The van der Waals surface area contributed by atoms with Crippen LogP contribution in [-0.2, 0) is 26.4 Å². The third kappa shape index (κ3) is 3.92. The van der Waals surface area contributed by atoms with Gasteiger partial charge >= 0.3 is 0 Å². The molecule has 1 saturated carbocycles. The molecule has 162 valence electrons. The molecular weight excluding hydrogens is 374 g/mol. The summed E-state index contributed by atoms with van der Waals surface area (Å²) in [6, 6.07) is 8.64. The van der Waals surface area contributed by atoms with Crippen LogP contribution in [0.1, 0.15) is 74.5 Å². The molecule has 2 heterocycles. The van der Waals surface area contributed by atoms with E-state index in [0.29, 0.717) is 0 Å². The number of para-hydroxylation sites is 1. The maximum absolute atomic E-state index is 6.51. The molecule has 6 nitrogen and oxygen atoms in total. The van der Waals surface area contributed by atoms with Crippen molar-refractivity contribution in [2.24, 2.45) is 12.0 Å². The fourth-order valence-corrected chi connectivity index (χ4v) is 5.20. The summed E-state index contributed by atoms with van der Waals surface area (Å²) < 4.78 is 8.53. The van der Waals surface area contributed by atoms with Crippen molar-refractivity contribution in [2.75, 3.05) is 7.05 Å². The maximum Gasteiger partial charge on any atom is 0.191 e. The molecule has 0 saturated heterocycles. The van der Waals surface area contributed by atoms with Crippen molar-refractivity contribution in [3.63, 3.8) is 0 Å². The summed E-state index contributed by atoms with van der Waals surface area (Å²) in [7, 11) is 3.88. The smallest absolute Gasteiger partial charge is 0.191 e. The Balaban J connectivity index is 1.51. The first-order valence-corrected chi connectivity index (χ1v) is 11.4. The van der Waals surface area contributed by atoms with Gasteiger partial charge in [0.2, 0.25) is 0 Å². The highest BCUT2D eigenvalue weighted by molar-refractivity contribution is 5.80. The number of hydrogen-bond acceptors (Lipinski definition) is 3. The van der Waals surface area contributed by atoms with E-state index in [2.05, 4.69) is 53.7 Å². The van der Waals surface area contributed by atoms with Crippen molar-refractivity contribution < 1.29 is 4.74 Å². The van der Waals surface area contributed by atoms with Gasteiger partial charge in [-0.05, 0) is 44.6 Å². The van der Waals surface area contributed by atoms with E-state index >= 15 is 0 Å². The zero-order valence-corrected chi connectivity index (χ0v) is 18.8. The number of benzene rings is 1. The summed E-state index contributed by atoms with van der Waals surface area (Å²) in [5.74, 6) is 1.85. The molecule has 1 aliphatic heterocycles. The Morgan fingerprint density at radius 2 is 2.00 bits per heavy atom. The second kappa shape index (κ2) is 8.70. The van der Waals surface area contributed by atoms with Crippen LogP contribution in [0, 0.1) is 0 Å². The molecular formula is C24H35N5O. The second-order valence-electron chi connectivity index (χ2n) is 8.56. The molecule has 30 heavy (non-hydrogen) atoms. The van der Waals surface area contributed by atoms with E-state index in [0.717, 1.165) is 50.4 Å². The van der Waals surface area contributed by atoms with Crippen LogP contribution in [-0.4, -0.2) is 28.4 Å². The average Bonchev–Trinajstić information content (AvgIpc) is 3.33. The minimum atomic E-state index is -0.0288. The average molecular weight is 410 g/mol. The molecule has 1 aliphatic carbocycles. The molecule has 0 radical (unpaired) electrons. The van der Waals surface area contributed by atoms with Crippen LogP contribution < -0.4 is 15.4 Å². The van der Waals surface area contributed by atoms with E-state index < -0.39 is 0 Å². The molecule has 1 spiro atoms. The first-order chi connectivity index (χ1) is 14.6. The predicted molar refractivity (Wildman–Crippen MR) is 121 cm³/mol. The van der Waals surface area contributed by atoms with Gasteiger partial charge in [0.15, 0.2) is 5.96 Å². The highest BCUT2D eigenvalue weighted by Crippen LogP contribution is 2.46. The highest BCUT2D eigenvalue weighted by Gasteiger charge is 2.43. The van der Waals surface area contributed by atoms with Crippen LogP contribution in [0.4, 0.5) is 0 Å². The Morgan fingerprint density at radius 3 is 2.70 bits per heavy atom. The van der Waals surface area contributed by atoms with Gasteiger partial charge in [-0.15, -0.1) is 0 Å². The number of rotatable bonds is 5. The maximum atomic E-state index is 6.51. The topological polar surface area (TPSA) is 63.5 Å². The van der Waals surface area contributed by atoms with Gasteiger partial charge in [-0.1, -0.05) is 32.0 Å². The molecule has 1 unspecified atom stereocenters. The van der Waals surface area contributed by atoms with Gasteiger partial charge in [-0.2, -0.15) is 5.10 Å². The van der Waals surface area contributed by atoms with Crippen molar-refractivity contribution in [3.05, 3.63) is 46.8 Å². The number of hydrogen-bond donors (Lipinski definition) is 2. The van der Waals surface area contributed by atoms with Gasteiger partial charge in [-0.3, -0.25) is 9.67 Å². The minimum Gasteiger partial charge on any atom is -0.487 e. The van der Waals surface area contributed by atoms with E-state index in [9.17, 15) is 0 Å². The predicted octanol–water partition coefficient (Wildman–Crippen LogP) is 4.05. The van der Waals surface area contributed by atoms with Crippen LogP contribution in [0.5, 0.6) is 5.75 Å².